The minimum Gasteiger partial charge on any atom is -0.492 e. The van der Waals surface area contributed by atoms with Gasteiger partial charge in [0, 0.05) is 32.3 Å². The van der Waals surface area contributed by atoms with E-state index in [-0.39, 0.29) is 18.8 Å². The molecule has 2 fully saturated rings. The summed E-state index contributed by atoms with van der Waals surface area (Å²) in [6, 6.07) is 3.50. The Morgan fingerprint density at radius 1 is 1.26 bits per heavy atom. The van der Waals surface area contributed by atoms with E-state index in [9.17, 15) is 8.78 Å². The van der Waals surface area contributed by atoms with Gasteiger partial charge in [-0.05, 0) is 31.9 Å². The molecule has 2 aliphatic heterocycles. The van der Waals surface area contributed by atoms with E-state index < -0.39 is 11.6 Å². The number of benzene rings is 1. The third-order valence-corrected chi connectivity index (χ3v) is 4.62. The predicted molar refractivity (Wildman–Crippen MR) is 98.1 cm³/mol. The summed E-state index contributed by atoms with van der Waals surface area (Å²) in [7, 11) is 0. The van der Waals surface area contributed by atoms with Gasteiger partial charge in [0.05, 0.1) is 19.3 Å². The molecule has 2 saturated heterocycles. The molecule has 2 aliphatic rings. The lowest BCUT2D eigenvalue weighted by atomic mass is 10.1. The van der Waals surface area contributed by atoms with Gasteiger partial charge in [0.2, 0.25) is 0 Å². The van der Waals surface area contributed by atoms with E-state index in [4.69, 9.17) is 14.2 Å². The number of guanidine groups is 1. The zero-order valence-corrected chi connectivity index (χ0v) is 15.6. The van der Waals surface area contributed by atoms with Crippen molar-refractivity contribution < 1.29 is 23.0 Å². The van der Waals surface area contributed by atoms with Crippen LogP contribution in [0, 0.1) is 11.6 Å². The number of aliphatic imine (C=N–C) groups is 1. The molecule has 8 heteroatoms. The molecule has 0 bridgehead atoms. The van der Waals surface area contributed by atoms with Gasteiger partial charge in [-0.2, -0.15) is 0 Å². The maximum Gasteiger partial charge on any atom is 0.194 e. The molecule has 27 heavy (non-hydrogen) atoms. The second-order valence-electron chi connectivity index (χ2n) is 6.57. The predicted octanol–water partition coefficient (Wildman–Crippen LogP) is 2.19. The first kappa shape index (κ1) is 19.8. The average Bonchev–Trinajstić information content (AvgIpc) is 3.22. The van der Waals surface area contributed by atoms with Crippen molar-refractivity contribution in [3.63, 3.8) is 0 Å². The maximum atomic E-state index is 13.2. The van der Waals surface area contributed by atoms with E-state index in [2.05, 4.69) is 15.2 Å². The SMILES string of the molecule is CCNC(=NCCOc1ccc(F)c(F)c1)N1CCOC(C2CCCO2)C1. The van der Waals surface area contributed by atoms with Crippen molar-refractivity contribution in [2.24, 2.45) is 4.99 Å². The fourth-order valence-electron chi connectivity index (χ4n) is 3.30. The monoisotopic (exact) mass is 383 g/mol. The Kier molecular flexibility index (Phi) is 7.23. The van der Waals surface area contributed by atoms with Crippen molar-refractivity contribution in [2.75, 3.05) is 46.0 Å². The molecule has 2 unspecified atom stereocenters. The van der Waals surface area contributed by atoms with Crippen molar-refractivity contribution in [3.8, 4) is 5.75 Å². The Labute approximate surface area is 158 Å². The van der Waals surface area contributed by atoms with Gasteiger partial charge in [-0.3, -0.25) is 0 Å². The first-order chi connectivity index (χ1) is 13.2. The number of hydrogen-bond donors (Lipinski definition) is 1. The minimum absolute atomic E-state index is 0.0588. The highest BCUT2D eigenvalue weighted by molar-refractivity contribution is 5.80. The van der Waals surface area contributed by atoms with E-state index in [1.54, 1.807) is 0 Å². The smallest absolute Gasteiger partial charge is 0.194 e. The summed E-state index contributed by atoms with van der Waals surface area (Å²) in [6.07, 6.45) is 2.34. The number of halogens is 2. The molecule has 2 heterocycles. The Morgan fingerprint density at radius 2 is 2.11 bits per heavy atom. The molecule has 1 aromatic carbocycles. The summed E-state index contributed by atoms with van der Waals surface area (Å²) in [4.78, 5) is 6.77. The third-order valence-electron chi connectivity index (χ3n) is 4.62. The largest absolute Gasteiger partial charge is 0.492 e. The first-order valence-electron chi connectivity index (χ1n) is 9.51. The second kappa shape index (κ2) is 9.85. The number of ether oxygens (including phenoxy) is 3. The summed E-state index contributed by atoms with van der Waals surface area (Å²) in [5.41, 5.74) is 0. The molecule has 150 valence electrons. The van der Waals surface area contributed by atoms with Crippen molar-refractivity contribution in [3.05, 3.63) is 29.8 Å². The number of nitrogens with zero attached hydrogens (tertiary/aromatic N) is 2. The van der Waals surface area contributed by atoms with Crippen LogP contribution in [0.15, 0.2) is 23.2 Å². The van der Waals surface area contributed by atoms with E-state index in [1.165, 1.54) is 6.07 Å². The molecule has 0 saturated carbocycles. The van der Waals surface area contributed by atoms with Gasteiger partial charge in [-0.1, -0.05) is 0 Å². The van der Waals surface area contributed by atoms with Crippen molar-refractivity contribution in [1.29, 1.82) is 0 Å². The van der Waals surface area contributed by atoms with Crippen LogP contribution in [0.3, 0.4) is 0 Å². The third kappa shape index (κ3) is 5.52. The number of morpholine rings is 1. The lowest BCUT2D eigenvalue weighted by Crippen LogP contribution is -2.53. The van der Waals surface area contributed by atoms with Gasteiger partial charge in [0.15, 0.2) is 17.6 Å². The van der Waals surface area contributed by atoms with E-state index in [0.29, 0.717) is 18.9 Å². The van der Waals surface area contributed by atoms with Gasteiger partial charge in [0.1, 0.15) is 18.5 Å². The molecule has 0 aliphatic carbocycles. The molecule has 0 radical (unpaired) electrons. The highest BCUT2D eigenvalue weighted by Crippen LogP contribution is 2.21. The standard InChI is InChI=1S/C19H27F2N3O3/c1-2-22-19(23-7-10-25-14-5-6-15(20)16(21)12-14)24-8-11-27-18(13-24)17-4-3-9-26-17/h5-6,12,17-18H,2-4,7-11,13H2,1H3,(H,22,23). The van der Waals surface area contributed by atoms with Gasteiger partial charge in [-0.25, -0.2) is 13.8 Å². The van der Waals surface area contributed by atoms with Crippen LogP contribution >= 0.6 is 0 Å². The quantitative estimate of drug-likeness (QED) is 0.464. The molecular formula is C19H27F2N3O3. The van der Waals surface area contributed by atoms with Gasteiger partial charge in [-0.15, -0.1) is 0 Å². The van der Waals surface area contributed by atoms with Crippen LogP contribution in [-0.2, 0) is 9.47 Å². The molecule has 3 rings (SSSR count). The second-order valence-corrected chi connectivity index (χ2v) is 6.57. The average molecular weight is 383 g/mol. The summed E-state index contributed by atoms with van der Waals surface area (Å²) in [5.74, 6) is -0.711. The Morgan fingerprint density at radius 3 is 2.85 bits per heavy atom. The van der Waals surface area contributed by atoms with E-state index in [0.717, 1.165) is 57.2 Å². The summed E-state index contributed by atoms with van der Waals surface area (Å²) in [5, 5.41) is 3.29. The van der Waals surface area contributed by atoms with Crippen molar-refractivity contribution in [2.45, 2.75) is 32.0 Å². The maximum absolute atomic E-state index is 13.2. The zero-order chi connectivity index (χ0) is 19.1. The fraction of sp³-hybridized carbons (Fsp3) is 0.632. The van der Waals surface area contributed by atoms with E-state index in [1.807, 2.05) is 6.92 Å². The van der Waals surface area contributed by atoms with Crippen LogP contribution in [0.4, 0.5) is 8.78 Å². The topological polar surface area (TPSA) is 55.3 Å². The van der Waals surface area contributed by atoms with Crippen molar-refractivity contribution in [1.82, 2.24) is 10.2 Å². The van der Waals surface area contributed by atoms with Gasteiger partial charge >= 0.3 is 0 Å². The van der Waals surface area contributed by atoms with Gasteiger partial charge < -0.3 is 24.4 Å². The van der Waals surface area contributed by atoms with Gasteiger partial charge in [0.25, 0.3) is 0 Å². The molecule has 2 atom stereocenters. The normalized spacial score (nSPS) is 23.5. The van der Waals surface area contributed by atoms with E-state index >= 15 is 0 Å². The summed E-state index contributed by atoms with van der Waals surface area (Å²) < 4.78 is 43.2. The van der Waals surface area contributed by atoms with Crippen LogP contribution in [0.1, 0.15) is 19.8 Å². The molecule has 0 aromatic heterocycles. The summed E-state index contributed by atoms with van der Waals surface area (Å²) in [6.45, 7) is 6.40. The Balaban J connectivity index is 1.52. The highest BCUT2D eigenvalue weighted by atomic mass is 19.2. The number of nitrogens with one attached hydrogen (secondary N) is 1. The lowest BCUT2D eigenvalue weighted by Gasteiger charge is -2.37. The first-order valence-corrected chi connectivity index (χ1v) is 9.51. The fourth-order valence-corrected chi connectivity index (χ4v) is 3.30. The van der Waals surface area contributed by atoms with Crippen LogP contribution in [0.25, 0.3) is 0 Å². The molecule has 1 N–H and O–H groups in total. The zero-order valence-electron chi connectivity index (χ0n) is 15.6. The molecule has 0 amide bonds. The highest BCUT2D eigenvalue weighted by Gasteiger charge is 2.32. The lowest BCUT2D eigenvalue weighted by molar-refractivity contribution is -0.0817. The Bertz CT molecular complexity index is 639. The van der Waals surface area contributed by atoms with Crippen LogP contribution in [-0.4, -0.2) is 69.1 Å². The minimum atomic E-state index is -0.919. The molecule has 0 spiro atoms. The summed E-state index contributed by atoms with van der Waals surface area (Å²) >= 11 is 0. The van der Waals surface area contributed by atoms with Crippen LogP contribution in [0.2, 0.25) is 0 Å². The number of hydrogen-bond acceptors (Lipinski definition) is 4. The van der Waals surface area contributed by atoms with Crippen LogP contribution in [0.5, 0.6) is 5.75 Å². The molecule has 6 nitrogen and oxygen atoms in total. The molecule has 1 aromatic rings. The number of rotatable bonds is 6. The van der Waals surface area contributed by atoms with Crippen molar-refractivity contribution >= 4 is 5.96 Å². The van der Waals surface area contributed by atoms with Crippen LogP contribution < -0.4 is 10.1 Å². The Hall–Kier alpha value is -1.93. The molecular weight excluding hydrogens is 356 g/mol.